The molecule has 0 aliphatic carbocycles. The van der Waals surface area contributed by atoms with Crippen molar-refractivity contribution in [3.63, 3.8) is 0 Å². The summed E-state index contributed by atoms with van der Waals surface area (Å²) in [4.78, 5) is 2.63. The number of methoxy groups -OCH3 is 1. The first kappa shape index (κ1) is 15.9. The van der Waals surface area contributed by atoms with E-state index < -0.39 is 0 Å². The summed E-state index contributed by atoms with van der Waals surface area (Å²) in [5.74, 6) is 0. The number of rotatable bonds is 8. The number of piperidine rings is 1. The highest BCUT2D eigenvalue weighted by Crippen LogP contribution is 2.26. The lowest BCUT2D eigenvalue weighted by Gasteiger charge is -2.39. The third-order valence-electron chi connectivity index (χ3n) is 4.13. The molecule has 0 aromatic rings. The van der Waals surface area contributed by atoms with Crippen LogP contribution >= 0.6 is 0 Å². The van der Waals surface area contributed by atoms with Crippen molar-refractivity contribution in [1.82, 2.24) is 10.2 Å². The topological polar surface area (TPSA) is 24.5 Å². The predicted octanol–water partition coefficient (Wildman–Crippen LogP) is 2.51. The smallest absolute Gasteiger partial charge is 0.0595 e. The Hall–Kier alpha value is -0.120. The highest BCUT2D eigenvalue weighted by Gasteiger charge is 2.28. The highest BCUT2D eigenvalue weighted by molar-refractivity contribution is 4.83. The van der Waals surface area contributed by atoms with E-state index in [4.69, 9.17) is 4.74 Å². The first-order valence-corrected chi connectivity index (χ1v) is 7.59. The van der Waals surface area contributed by atoms with E-state index in [1.165, 1.54) is 45.3 Å². The number of nitrogens with one attached hydrogen (secondary N) is 1. The molecule has 1 heterocycles. The van der Waals surface area contributed by atoms with Crippen LogP contribution in [-0.4, -0.2) is 50.8 Å². The van der Waals surface area contributed by atoms with Gasteiger partial charge in [0.1, 0.15) is 0 Å². The van der Waals surface area contributed by atoms with E-state index in [0.717, 1.165) is 13.1 Å². The zero-order chi connectivity index (χ0) is 13.4. The van der Waals surface area contributed by atoms with Gasteiger partial charge < -0.3 is 15.0 Å². The largest absolute Gasteiger partial charge is 0.381 e. The van der Waals surface area contributed by atoms with Crippen LogP contribution in [0.5, 0.6) is 0 Å². The van der Waals surface area contributed by atoms with Gasteiger partial charge in [0.05, 0.1) is 6.10 Å². The van der Waals surface area contributed by atoms with Crippen LogP contribution in [0.2, 0.25) is 0 Å². The Labute approximate surface area is 113 Å². The monoisotopic (exact) mass is 256 g/mol. The van der Waals surface area contributed by atoms with E-state index in [9.17, 15) is 0 Å². The molecule has 1 aliphatic rings. The lowest BCUT2D eigenvalue weighted by Crippen LogP contribution is -2.46. The van der Waals surface area contributed by atoms with Crippen molar-refractivity contribution in [1.29, 1.82) is 0 Å². The van der Waals surface area contributed by atoms with Gasteiger partial charge in [-0.25, -0.2) is 0 Å². The Bertz CT molecular complexity index is 215. The predicted molar refractivity (Wildman–Crippen MR) is 78.0 cm³/mol. The standard InChI is InChI=1S/C15H32N2O/c1-5-9-15(3,12-16-6-2)13-17-10-7-14(18-4)8-11-17/h14,16H,5-13H2,1-4H3. The summed E-state index contributed by atoms with van der Waals surface area (Å²) in [6.07, 6.45) is 5.47. The summed E-state index contributed by atoms with van der Waals surface area (Å²) >= 11 is 0. The van der Waals surface area contributed by atoms with Gasteiger partial charge in [-0.2, -0.15) is 0 Å². The van der Waals surface area contributed by atoms with Crippen molar-refractivity contribution in [2.24, 2.45) is 5.41 Å². The fourth-order valence-electron chi connectivity index (χ4n) is 3.10. The molecule has 3 nitrogen and oxygen atoms in total. The zero-order valence-corrected chi connectivity index (χ0v) is 12.8. The minimum Gasteiger partial charge on any atom is -0.381 e. The number of nitrogens with zero attached hydrogens (tertiary/aromatic N) is 1. The number of ether oxygens (including phenoxy) is 1. The average Bonchev–Trinajstić information content (AvgIpc) is 2.38. The second-order valence-corrected chi connectivity index (χ2v) is 6.05. The van der Waals surface area contributed by atoms with Crippen LogP contribution < -0.4 is 5.32 Å². The summed E-state index contributed by atoms with van der Waals surface area (Å²) in [5, 5.41) is 3.53. The van der Waals surface area contributed by atoms with E-state index in [2.05, 4.69) is 31.0 Å². The average molecular weight is 256 g/mol. The molecule has 0 aromatic carbocycles. The fourth-order valence-corrected chi connectivity index (χ4v) is 3.10. The molecule has 0 amide bonds. The third kappa shape index (κ3) is 5.25. The Morgan fingerprint density at radius 1 is 1.28 bits per heavy atom. The Balaban J connectivity index is 2.40. The molecule has 1 saturated heterocycles. The van der Waals surface area contributed by atoms with Crippen molar-refractivity contribution in [2.75, 3.05) is 39.8 Å². The van der Waals surface area contributed by atoms with Gasteiger partial charge in [-0.05, 0) is 31.2 Å². The number of hydrogen-bond donors (Lipinski definition) is 1. The quantitative estimate of drug-likeness (QED) is 0.722. The van der Waals surface area contributed by atoms with E-state index >= 15 is 0 Å². The maximum absolute atomic E-state index is 5.44. The summed E-state index contributed by atoms with van der Waals surface area (Å²) in [6.45, 7) is 12.8. The summed E-state index contributed by atoms with van der Waals surface area (Å²) < 4.78 is 5.44. The van der Waals surface area contributed by atoms with Crippen molar-refractivity contribution >= 4 is 0 Å². The van der Waals surface area contributed by atoms with Crippen LogP contribution in [0.1, 0.15) is 46.5 Å². The minimum absolute atomic E-state index is 0.421. The van der Waals surface area contributed by atoms with Crippen LogP contribution in [0.25, 0.3) is 0 Å². The molecule has 0 saturated carbocycles. The maximum Gasteiger partial charge on any atom is 0.0595 e. The molecule has 0 spiro atoms. The van der Waals surface area contributed by atoms with Gasteiger partial charge in [-0.1, -0.05) is 27.2 Å². The Morgan fingerprint density at radius 2 is 1.94 bits per heavy atom. The van der Waals surface area contributed by atoms with Gasteiger partial charge in [0.25, 0.3) is 0 Å². The van der Waals surface area contributed by atoms with E-state index in [0.29, 0.717) is 11.5 Å². The SMILES string of the molecule is CCCC(C)(CNCC)CN1CCC(OC)CC1. The van der Waals surface area contributed by atoms with Crippen LogP contribution in [0, 0.1) is 5.41 Å². The molecule has 108 valence electrons. The molecule has 0 aromatic heterocycles. The lowest BCUT2D eigenvalue weighted by molar-refractivity contribution is 0.0268. The van der Waals surface area contributed by atoms with Gasteiger partial charge in [-0.15, -0.1) is 0 Å². The first-order chi connectivity index (χ1) is 8.63. The number of likely N-dealkylation sites (tertiary alicyclic amines) is 1. The maximum atomic E-state index is 5.44. The zero-order valence-electron chi connectivity index (χ0n) is 12.8. The lowest BCUT2D eigenvalue weighted by atomic mass is 9.84. The molecule has 1 aliphatic heterocycles. The molecule has 0 radical (unpaired) electrons. The van der Waals surface area contributed by atoms with Crippen LogP contribution in [-0.2, 0) is 4.74 Å². The molecule has 3 heteroatoms. The minimum atomic E-state index is 0.421. The van der Waals surface area contributed by atoms with Crippen molar-refractivity contribution in [3.05, 3.63) is 0 Å². The second kappa shape index (κ2) is 8.13. The molecule has 1 unspecified atom stereocenters. The normalized spacial score (nSPS) is 22.0. The first-order valence-electron chi connectivity index (χ1n) is 7.59. The fraction of sp³-hybridized carbons (Fsp3) is 1.00. The molecule has 1 N–H and O–H groups in total. The molecule has 18 heavy (non-hydrogen) atoms. The van der Waals surface area contributed by atoms with Crippen LogP contribution in [0.15, 0.2) is 0 Å². The Kier molecular flexibility index (Phi) is 7.20. The molecule has 1 rings (SSSR count). The van der Waals surface area contributed by atoms with Crippen LogP contribution in [0.4, 0.5) is 0 Å². The van der Waals surface area contributed by atoms with Crippen molar-refractivity contribution in [3.8, 4) is 0 Å². The summed E-state index contributed by atoms with van der Waals surface area (Å²) in [6, 6.07) is 0. The van der Waals surface area contributed by atoms with Crippen LogP contribution in [0.3, 0.4) is 0 Å². The van der Waals surface area contributed by atoms with Gasteiger partial charge in [0, 0.05) is 33.3 Å². The molecular weight excluding hydrogens is 224 g/mol. The van der Waals surface area contributed by atoms with Gasteiger partial charge in [0.2, 0.25) is 0 Å². The van der Waals surface area contributed by atoms with E-state index in [-0.39, 0.29) is 0 Å². The van der Waals surface area contributed by atoms with Gasteiger partial charge in [-0.3, -0.25) is 0 Å². The molecular formula is C15H32N2O. The van der Waals surface area contributed by atoms with E-state index in [1.54, 1.807) is 0 Å². The molecule has 0 bridgehead atoms. The summed E-state index contributed by atoms with van der Waals surface area (Å²) in [7, 11) is 1.84. The summed E-state index contributed by atoms with van der Waals surface area (Å²) in [5.41, 5.74) is 0.421. The third-order valence-corrected chi connectivity index (χ3v) is 4.13. The van der Waals surface area contributed by atoms with Crippen molar-refractivity contribution in [2.45, 2.75) is 52.6 Å². The van der Waals surface area contributed by atoms with Crippen molar-refractivity contribution < 1.29 is 4.74 Å². The van der Waals surface area contributed by atoms with Gasteiger partial charge >= 0.3 is 0 Å². The van der Waals surface area contributed by atoms with Gasteiger partial charge in [0.15, 0.2) is 0 Å². The highest BCUT2D eigenvalue weighted by atomic mass is 16.5. The molecule has 1 atom stereocenters. The Morgan fingerprint density at radius 3 is 2.44 bits per heavy atom. The van der Waals surface area contributed by atoms with E-state index in [1.807, 2.05) is 7.11 Å². The second-order valence-electron chi connectivity index (χ2n) is 6.05. The number of hydrogen-bond acceptors (Lipinski definition) is 3. The molecule has 1 fully saturated rings.